The number of sulfonamides is 1. The molecule has 0 aromatic heterocycles. The summed E-state index contributed by atoms with van der Waals surface area (Å²) in [7, 11) is -3.49. The topological polar surface area (TPSA) is 122 Å². The fourth-order valence-electron chi connectivity index (χ4n) is 3.32. The maximum Gasteiger partial charge on any atom is 0.251 e. The van der Waals surface area contributed by atoms with Gasteiger partial charge in [-0.25, -0.2) is 8.42 Å². The molecule has 31 heavy (non-hydrogen) atoms. The van der Waals surface area contributed by atoms with Gasteiger partial charge >= 0.3 is 0 Å². The van der Waals surface area contributed by atoms with Crippen molar-refractivity contribution in [3.63, 3.8) is 0 Å². The fraction of sp³-hybridized carbons (Fsp3) is 0.364. The monoisotopic (exact) mass is 444 g/mol. The summed E-state index contributed by atoms with van der Waals surface area (Å²) in [4.78, 5) is 24.6. The van der Waals surface area contributed by atoms with E-state index < -0.39 is 10.0 Å². The van der Waals surface area contributed by atoms with Crippen molar-refractivity contribution in [3.05, 3.63) is 65.2 Å². The summed E-state index contributed by atoms with van der Waals surface area (Å²) >= 11 is 0. The smallest absolute Gasteiger partial charge is 0.251 e. The standard InChI is InChI=1S/C22H28N4O4S/c23-12-3-13-24-21(27)18-6-4-17(5-7-18)16-25-22(28)19-8-10-20(11-9-19)31(29,30)26-14-1-2-15-26/h4-11H,1-3,12-16,23H2,(H,24,27)(H,25,28). The third-order valence-electron chi connectivity index (χ3n) is 5.15. The highest BCUT2D eigenvalue weighted by atomic mass is 32.2. The third kappa shape index (κ3) is 5.90. The van der Waals surface area contributed by atoms with Crippen LogP contribution in [-0.2, 0) is 16.6 Å². The Bertz CT molecular complexity index is 999. The lowest BCUT2D eigenvalue weighted by Crippen LogP contribution is -2.28. The summed E-state index contributed by atoms with van der Waals surface area (Å²) in [5.74, 6) is -0.457. The average Bonchev–Trinajstić information content (AvgIpc) is 3.34. The summed E-state index contributed by atoms with van der Waals surface area (Å²) in [5.41, 5.74) is 7.19. The molecule has 0 spiro atoms. The Morgan fingerprint density at radius 3 is 2.00 bits per heavy atom. The Balaban J connectivity index is 1.54. The summed E-state index contributed by atoms with van der Waals surface area (Å²) in [5, 5.41) is 5.60. The lowest BCUT2D eigenvalue weighted by molar-refractivity contribution is 0.0942. The number of nitrogens with zero attached hydrogens (tertiary/aromatic N) is 1. The van der Waals surface area contributed by atoms with Crippen LogP contribution in [0.4, 0.5) is 0 Å². The van der Waals surface area contributed by atoms with Crippen LogP contribution in [0.1, 0.15) is 45.5 Å². The zero-order valence-electron chi connectivity index (χ0n) is 17.3. The number of amides is 2. The van der Waals surface area contributed by atoms with Gasteiger partial charge in [0.05, 0.1) is 4.90 Å². The quantitative estimate of drug-likeness (QED) is 0.506. The van der Waals surface area contributed by atoms with Crippen molar-refractivity contribution in [3.8, 4) is 0 Å². The first-order valence-electron chi connectivity index (χ1n) is 10.4. The molecule has 0 atom stereocenters. The van der Waals surface area contributed by atoms with E-state index >= 15 is 0 Å². The van der Waals surface area contributed by atoms with Gasteiger partial charge in [-0.05, 0) is 67.8 Å². The zero-order valence-corrected chi connectivity index (χ0v) is 18.2. The Morgan fingerprint density at radius 1 is 0.871 bits per heavy atom. The van der Waals surface area contributed by atoms with Gasteiger partial charge in [-0.2, -0.15) is 4.31 Å². The van der Waals surface area contributed by atoms with Gasteiger partial charge in [0.2, 0.25) is 10.0 Å². The van der Waals surface area contributed by atoms with Crippen LogP contribution < -0.4 is 16.4 Å². The van der Waals surface area contributed by atoms with Crippen molar-refractivity contribution in [1.82, 2.24) is 14.9 Å². The molecule has 8 nitrogen and oxygen atoms in total. The lowest BCUT2D eigenvalue weighted by Gasteiger charge is -2.15. The highest BCUT2D eigenvalue weighted by molar-refractivity contribution is 7.89. The van der Waals surface area contributed by atoms with E-state index in [2.05, 4.69) is 10.6 Å². The van der Waals surface area contributed by atoms with Gasteiger partial charge in [-0.1, -0.05) is 12.1 Å². The van der Waals surface area contributed by atoms with Crippen LogP contribution in [0.15, 0.2) is 53.4 Å². The van der Waals surface area contributed by atoms with Gasteiger partial charge in [-0.3, -0.25) is 9.59 Å². The Labute approximate surface area is 182 Å². The molecule has 0 bridgehead atoms. The highest BCUT2D eigenvalue weighted by Crippen LogP contribution is 2.21. The Morgan fingerprint density at radius 2 is 1.42 bits per heavy atom. The molecular weight excluding hydrogens is 416 g/mol. The Kier molecular flexibility index (Phi) is 7.78. The molecule has 0 radical (unpaired) electrons. The van der Waals surface area contributed by atoms with Crippen LogP contribution in [0.2, 0.25) is 0 Å². The van der Waals surface area contributed by atoms with Gasteiger partial charge in [0.15, 0.2) is 0 Å². The number of nitrogens with one attached hydrogen (secondary N) is 2. The normalized spacial score (nSPS) is 14.4. The maximum atomic E-state index is 12.6. The SMILES string of the molecule is NCCCNC(=O)c1ccc(CNC(=O)c2ccc(S(=O)(=O)N3CCCC3)cc2)cc1. The largest absolute Gasteiger partial charge is 0.352 e. The number of nitrogens with two attached hydrogens (primary N) is 1. The van der Waals surface area contributed by atoms with Crippen LogP contribution in [0.3, 0.4) is 0 Å². The molecule has 2 aromatic carbocycles. The summed E-state index contributed by atoms with van der Waals surface area (Å²) < 4.78 is 26.6. The van der Waals surface area contributed by atoms with E-state index in [-0.39, 0.29) is 16.7 Å². The van der Waals surface area contributed by atoms with Crippen molar-refractivity contribution >= 4 is 21.8 Å². The summed E-state index contributed by atoms with van der Waals surface area (Å²) in [6.07, 6.45) is 2.47. The van der Waals surface area contributed by atoms with Gasteiger partial charge < -0.3 is 16.4 Å². The van der Waals surface area contributed by atoms with E-state index in [4.69, 9.17) is 5.73 Å². The lowest BCUT2D eigenvalue weighted by atomic mass is 10.1. The second kappa shape index (κ2) is 10.5. The minimum Gasteiger partial charge on any atom is -0.352 e. The van der Waals surface area contributed by atoms with Crippen molar-refractivity contribution in [1.29, 1.82) is 0 Å². The minimum atomic E-state index is -3.49. The molecule has 4 N–H and O–H groups in total. The predicted molar refractivity (Wildman–Crippen MR) is 118 cm³/mol. The van der Waals surface area contributed by atoms with Gasteiger partial charge in [0.1, 0.15) is 0 Å². The molecule has 9 heteroatoms. The second-order valence-corrected chi connectivity index (χ2v) is 9.35. The number of benzene rings is 2. The average molecular weight is 445 g/mol. The van der Waals surface area contributed by atoms with Crippen LogP contribution in [0, 0.1) is 0 Å². The molecule has 1 heterocycles. The van der Waals surface area contributed by atoms with Crippen molar-refractivity contribution in [2.45, 2.75) is 30.7 Å². The molecule has 1 aliphatic heterocycles. The van der Waals surface area contributed by atoms with Gasteiger partial charge in [0.25, 0.3) is 11.8 Å². The van der Waals surface area contributed by atoms with E-state index in [0.717, 1.165) is 24.8 Å². The molecule has 0 aliphatic carbocycles. The molecule has 166 valence electrons. The molecule has 2 amide bonds. The van der Waals surface area contributed by atoms with E-state index in [0.29, 0.717) is 43.9 Å². The predicted octanol–water partition coefficient (Wildman–Crippen LogP) is 1.48. The molecule has 0 unspecified atom stereocenters. The van der Waals surface area contributed by atoms with Crippen LogP contribution in [-0.4, -0.2) is 50.7 Å². The van der Waals surface area contributed by atoms with Crippen LogP contribution >= 0.6 is 0 Å². The number of carbonyl (C=O) groups excluding carboxylic acids is 2. The highest BCUT2D eigenvalue weighted by Gasteiger charge is 2.27. The van der Waals surface area contributed by atoms with E-state index in [9.17, 15) is 18.0 Å². The van der Waals surface area contributed by atoms with Crippen molar-refractivity contribution in [2.75, 3.05) is 26.2 Å². The molecule has 1 aliphatic rings. The molecule has 0 saturated carbocycles. The van der Waals surface area contributed by atoms with E-state index in [1.165, 1.54) is 28.6 Å². The summed E-state index contributed by atoms with van der Waals surface area (Å²) in [6.45, 7) is 2.43. The first kappa shape index (κ1) is 22.9. The van der Waals surface area contributed by atoms with E-state index in [1.54, 1.807) is 24.3 Å². The number of rotatable bonds is 9. The van der Waals surface area contributed by atoms with Crippen LogP contribution in [0.5, 0.6) is 0 Å². The number of hydrogen-bond acceptors (Lipinski definition) is 5. The molecule has 2 aromatic rings. The van der Waals surface area contributed by atoms with Crippen molar-refractivity contribution < 1.29 is 18.0 Å². The van der Waals surface area contributed by atoms with E-state index in [1.807, 2.05) is 0 Å². The Hall–Kier alpha value is -2.75. The number of hydrogen-bond donors (Lipinski definition) is 3. The minimum absolute atomic E-state index is 0.159. The first-order chi connectivity index (χ1) is 14.9. The fourth-order valence-corrected chi connectivity index (χ4v) is 4.84. The number of carbonyl (C=O) groups is 2. The summed E-state index contributed by atoms with van der Waals surface area (Å²) in [6, 6.07) is 13.0. The van der Waals surface area contributed by atoms with Gasteiger partial charge in [0, 0.05) is 37.3 Å². The van der Waals surface area contributed by atoms with Crippen molar-refractivity contribution in [2.24, 2.45) is 5.73 Å². The second-order valence-electron chi connectivity index (χ2n) is 7.41. The first-order valence-corrected chi connectivity index (χ1v) is 11.8. The zero-order chi connectivity index (χ0) is 22.3. The molecular formula is C22H28N4O4S. The van der Waals surface area contributed by atoms with Crippen LogP contribution in [0.25, 0.3) is 0 Å². The van der Waals surface area contributed by atoms with Gasteiger partial charge in [-0.15, -0.1) is 0 Å². The molecule has 3 rings (SSSR count). The maximum absolute atomic E-state index is 12.6. The molecule has 1 fully saturated rings. The molecule has 1 saturated heterocycles. The third-order valence-corrected chi connectivity index (χ3v) is 7.07.